The number of nitrogens with zero attached hydrogens (tertiary/aromatic N) is 1. The van der Waals surface area contributed by atoms with Crippen molar-refractivity contribution in [3.8, 4) is 11.8 Å². The number of rotatable bonds is 6. The highest BCUT2D eigenvalue weighted by atomic mass is 16.5. The van der Waals surface area contributed by atoms with E-state index in [1.807, 2.05) is 30.3 Å². The number of ether oxygens (including phenoxy) is 1. The van der Waals surface area contributed by atoms with E-state index >= 15 is 0 Å². The van der Waals surface area contributed by atoms with Crippen LogP contribution >= 0.6 is 0 Å². The Kier molecular flexibility index (Phi) is 5.32. The van der Waals surface area contributed by atoms with E-state index in [0.717, 1.165) is 6.42 Å². The first-order valence-corrected chi connectivity index (χ1v) is 7.40. The summed E-state index contributed by atoms with van der Waals surface area (Å²) in [6.45, 7) is 4.31. The standard InChI is InChI=1S/C19H19NO2/c1-3-14(2)16-6-8-17(9-7-16)19(21)13-22-18-10-4-15(12-20)5-11-18/h4-11,14H,3,13H2,1-2H3/t14-/m0/s1. The van der Waals surface area contributed by atoms with Crippen LogP contribution in [-0.2, 0) is 0 Å². The van der Waals surface area contributed by atoms with Gasteiger partial charge in [0.15, 0.2) is 12.4 Å². The fraction of sp³-hybridized carbons (Fsp3) is 0.263. The van der Waals surface area contributed by atoms with Gasteiger partial charge in [0.1, 0.15) is 5.75 Å². The van der Waals surface area contributed by atoms with E-state index in [0.29, 0.717) is 22.8 Å². The van der Waals surface area contributed by atoms with Crippen molar-refractivity contribution in [1.82, 2.24) is 0 Å². The molecular weight excluding hydrogens is 274 g/mol. The lowest BCUT2D eigenvalue weighted by molar-refractivity contribution is 0.0921. The van der Waals surface area contributed by atoms with Crippen molar-refractivity contribution in [3.05, 3.63) is 65.2 Å². The molecule has 2 aromatic rings. The van der Waals surface area contributed by atoms with Crippen molar-refractivity contribution in [2.75, 3.05) is 6.61 Å². The second kappa shape index (κ2) is 7.42. The summed E-state index contributed by atoms with van der Waals surface area (Å²) in [6.07, 6.45) is 1.08. The zero-order chi connectivity index (χ0) is 15.9. The lowest BCUT2D eigenvalue weighted by atomic mass is 9.97. The second-order valence-corrected chi connectivity index (χ2v) is 5.28. The molecule has 0 radical (unpaired) electrons. The number of ketones is 1. The summed E-state index contributed by atoms with van der Waals surface area (Å²) >= 11 is 0. The maximum absolute atomic E-state index is 12.1. The Morgan fingerprint density at radius 2 is 1.77 bits per heavy atom. The van der Waals surface area contributed by atoms with Crippen molar-refractivity contribution in [2.45, 2.75) is 26.2 Å². The molecule has 1 atom stereocenters. The molecule has 0 saturated heterocycles. The molecule has 0 aliphatic rings. The van der Waals surface area contributed by atoms with E-state index in [9.17, 15) is 4.79 Å². The predicted octanol–water partition coefficient (Wildman–Crippen LogP) is 4.33. The lowest BCUT2D eigenvalue weighted by Crippen LogP contribution is -2.11. The van der Waals surface area contributed by atoms with Gasteiger partial charge in [0, 0.05) is 5.56 Å². The molecule has 2 rings (SSSR count). The van der Waals surface area contributed by atoms with Gasteiger partial charge in [-0.1, -0.05) is 38.1 Å². The normalized spacial score (nSPS) is 11.5. The van der Waals surface area contributed by atoms with Crippen molar-refractivity contribution in [3.63, 3.8) is 0 Å². The number of carbonyl (C=O) groups excluding carboxylic acids is 1. The summed E-state index contributed by atoms with van der Waals surface area (Å²) < 4.78 is 5.46. The molecule has 0 fully saturated rings. The summed E-state index contributed by atoms with van der Waals surface area (Å²) in [5.41, 5.74) is 2.46. The summed E-state index contributed by atoms with van der Waals surface area (Å²) in [6, 6.07) is 16.5. The third-order valence-corrected chi connectivity index (χ3v) is 3.77. The Morgan fingerprint density at radius 1 is 1.14 bits per heavy atom. The number of benzene rings is 2. The third-order valence-electron chi connectivity index (χ3n) is 3.77. The van der Waals surface area contributed by atoms with Crippen LogP contribution in [0.3, 0.4) is 0 Å². The first-order valence-electron chi connectivity index (χ1n) is 7.40. The van der Waals surface area contributed by atoms with Gasteiger partial charge in [-0.25, -0.2) is 0 Å². The highest BCUT2D eigenvalue weighted by Crippen LogP contribution is 2.19. The van der Waals surface area contributed by atoms with Crippen LogP contribution in [0.25, 0.3) is 0 Å². The zero-order valence-electron chi connectivity index (χ0n) is 12.9. The van der Waals surface area contributed by atoms with Crippen molar-refractivity contribution < 1.29 is 9.53 Å². The van der Waals surface area contributed by atoms with Gasteiger partial charge in [-0.15, -0.1) is 0 Å². The second-order valence-electron chi connectivity index (χ2n) is 5.28. The number of Topliss-reactive ketones (excluding diaryl/α,β-unsaturated/α-hetero) is 1. The molecule has 0 bridgehead atoms. The van der Waals surface area contributed by atoms with Crippen LogP contribution in [0.2, 0.25) is 0 Å². The lowest BCUT2D eigenvalue weighted by Gasteiger charge is -2.10. The zero-order valence-corrected chi connectivity index (χ0v) is 12.9. The molecule has 0 aromatic heterocycles. The minimum absolute atomic E-state index is 0.00538. The maximum atomic E-state index is 12.1. The molecule has 0 heterocycles. The highest BCUT2D eigenvalue weighted by Gasteiger charge is 2.08. The maximum Gasteiger partial charge on any atom is 0.200 e. The van der Waals surface area contributed by atoms with E-state index in [4.69, 9.17) is 10.00 Å². The molecule has 2 aromatic carbocycles. The average molecular weight is 293 g/mol. The molecule has 0 saturated carbocycles. The Labute approximate surface area is 131 Å². The summed E-state index contributed by atoms with van der Waals surface area (Å²) in [4.78, 5) is 12.1. The van der Waals surface area contributed by atoms with Crippen LogP contribution in [0.1, 0.15) is 47.7 Å². The SMILES string of the molecule is CC[C@H](C)c1ccc(C(=O)COc2ccc(C#N)cc2)cc1. The molecule has 0 spiro atoms. The Hall–Kier alpha value is -2.60. The number of nitriles is 1. The monoisotopic (exact) mass is 293 g/mol. The van der Waals surface area contributed by atoms with Crippen LogP contribution in [0.15, 0.2) is 48.5 Å². The third kappa shape index (κ3) is 3.95. The van der Waals surface area contributed by atoms with Gasteiger partial charge in [0.2, 0.25) is 0 Å². The van der Waals surface area contributed by atoms with E-state index in [1.165, 1.54) is 5.56 Å². The van der Waals surface area contributed by atoms with Gasteiger partial charge in [0.05, 0.1) is 11.6 Å². The fourth-order valence-electron chi connectivity index (χ4n) is 2.09. The number of hydrogen-bond donors (Lipinski definition) is 0. The van der Waals surface area contributed by atoms with Gasteiger partial charge in [0.25, 0.3) is 0 Å². The van der Waals surface area contributed by atoms with E-state index < -0.39 is 0 Å². The molecule has 0 amide bonds. The van der Waals surface area contributed by atoms with Gasteiger partial charge >= 0.3 is 0 Å². The molecule has 0 N–H and O–H groups in total. The number of carbonyl (C=O) groups is 1. The van der Waals surface area contributed by atoms with Crippen LogP contribution in [0.5, 0.6) is 5.75 Å². The molecule has 0 unspecified atom stereocenters. The minimum atomic E-state index is -0.0555. The molecule has 22 heavy (non-hydrogen) atoms. The summed E-state index contributed by atoms with van der Waals surface area (Å²) in [5, 5.41) is 8.73. The highest BCUT2D eigenvalue weighted by molar-refractivity contribution is 5.97. The van der Waals surface area contributed by atoms with Gasteiger partial charge in [-0.05, 0) is 42.2 Å². The van der Waals surface area contributed by atoms with E-state index in [2.05, 4.69) is 13.8 Å². The largest absolute Gasteiger partial charge is 0.485 e. The van der Waals surface area contributed by atoms with E-state index in [-0.39, 0.29) is 12.4 Å². The smallest absolute Gasteiger partial charge is 0.200 e. The van der Waals surface area contributed by atoms with Crippen LogP contribution in [0, 0.1) is 11.3 Å². The van der Waals surface area contributed by atoms with E-state index in [1.54, 1.807) is 24.3 Å². The topological polar surface area (TPSA) is 50.1 Å². The Morgan fingerprint density at radius 3 is 2.32 bits per heavy atom. The molecule has 0 aliphatic heterocycles. The molecule has 112 valence electrons. The van der Waals surface area contributed by atoms with Gasteiger partial charge in [-0.2, -0.15) is 5.26 Å². The Balaban J connectivity index is 1.95. The minimum Gasteiger partial charge on any atom is -0.485 e. The van der Waals surface area contributed by atoms with Crippen molar-refractivity contribution >= 4 is 5.78 Å². The van der Waals surface area contributed by atoms with Crippen molar-refractivity contribution in [2.24, 2.45) is 0 Å². The van der Waals surface area contributed by atoms with Crippen molar-refractivity contribution in [1.29, 1.82) is 5.26 Å². The quantitative estimate of drug-likeness (QED) is 0.745. The first kappa shape index (κ1) is 15.8. The van der Waals surface area contributed by atoms with Gasteiger partial charge in [-0.3, -0.25) is 4.79 Å². The predicted molar refractivity (Wildman–Crippen MR) is 86.1 cm³/mol. The Bertz CT molecular complexity index is 666. The van der Waals surface area contributed by atoms with Crippen LogP contribution in [-0.4, -0.2) is 12.4 Å². The molecule has 0 aliphatic carbocycles. The summed E-state index contributed by atoms with van der Waals surface area (Å²) in [5.74, 6) is 1.03. The molecule has 3 heteroatoms. The van der Waals surface area contributed by atoms with Crippen LogP contribution in [0.4, 0.5) is 0 Å². The number of hydrogen-bond acceptors (Lipinski definition) is 3. The van der Waals surface area contributed by atoms with Gasteiger partial charge < -0.3 is 4.74 Å². The first-order chi connectivity index (χ1) is 10.6. The average Bonchev–Trinajstić information content (AvgIpc) is 2.59. The fourth-order valence-corrected chi connectivity index (χ4v) is 2.09. The molecular formula is C19H19NO2. The van der Waals surface area contributed by atoms with Crippen LogP contribution < -0.4 is 4.74 Å². The molecule has 3 nitrogen and oxygen atoms in total. The summed E-state index contributed by atoms with van der Waals surface area (Å²) in [7, 11) is 0.